The topological polar surface area (TPSA) is 54.0 Å². The Morgan fingerprint density at radius 3 is 2.57 bits per heavy atom. The van der Waals surface area contributed by atoms with Gasteiger partial charge in [-0.2, -0.15) is 0 Å². The standard InChI is InChI=1S/C17H27N3O3/c1-14(17(21)18-8-13-22-2)19-9-11-20(12-10-19)15-6-4-5-7-16(15)23-3/h4-7,14H,8-13H2,1-3H3,(H,18,21)/t14-/m0/s1. The fourth-order valence-electron chi connectivity index (χ4n) is 2.83. The number of carbonyl (C=O) groups excluding carboxylic acids is 1. The molecule has 1 atom stereocenters. The van der Waals surface area contributed by atoms with Gasteiger partial charge in [0.2, 0.25) is 5.91 Å². The van der Waals surface area contributed by atoms with Crippen molar-refractivity contribution in [1.29, 1.82) is 0 Å². The summed E-state index contributed by atoms with van der Waals surface area (Å²) in [6.45, 7) is 6.54. The van der Waals surface area contributed by atoms with Crippen LogP contribution in [-0.2, 0) is 9.53 Å². The van der Waals surface area contributed by atoms with E-state index in [2.05, 4.69) is 21.2 Å². The largest absolute Gasteiger partial charge is 0.495 e. The van der Waals surface area contributed by atoms with Gasteiger partial charge in [0.1, 0.15) is 5.75 Å². The SMILES string of the molecule is COCCNC(=O)[C@H](C)N1CCN(c2ccccc2OC)CC1. The van der Waals surface area contributed by atoms with Crippen LogP contribution in [-0.4, -0.2) is 70.4 Å². The smallest absolute Gasteiger partial charge is 0.237 e. The van der Waals surface area contributed by atoms with E-state index < -0.39 is 0 Å². The van der Waals surface area contributed by atoms with Gasteiger partial charge in [0.25, 0.3) is 0 Å². The number of carbonyl (C=O) groups is 1. The lowest BCUT2D eigenvalue weighted by Crippen LogP contribution is -2.54. The number of benzene rings is 1. The molecule has 0 bridgehead atoms. The maximum absolute atomic E-state index is 12.1. The van der Waals surface area contributed by atoms with Crippen LogP contribution in [0.5, 0.6) is 5.75 Å². The second-order valence-electron chi connectivity index (χ2n) is 5.65. The van der Waals surface area contributed by atoms with Crippen LogP contribution in [0.1, 0.15) is 6.92 Å². The van der Waals surface area contributed by atoms with E-state index in [-0.39, 0.29) is 11.9 Å². The van der Waals surface area contributed by atoms with Crippen molar-refractivity contribution in [2.24, 2.45) is 0 Å². The monoisotopic (exact) mass is 321 g/mol. The Morgan fingerprint density at radius 2 is 1.91 bits per heavy atom. The number of nitrogens with one attached hydrogen (secondary N) is 1. The first kappa shape index (κ1) is 17.6. The third-order valence-corrected chi connectivity index (χ3v) is 4.27. The quantitative estimate of drug-likeness (QED) is 0.759. The number of ether oxygens (including phenoxy) is 2. The Balaban J connectivity index is 1.87. The number of anilines is 1. The van der Waals surface area contributed by atoms with Crippen molar-refractivity contribution in [3.63, 3.8) is 0 Å². The Bertz CT molecular complexity index is 502. The summed E-state index contributed by atoms with van der Waals surface area (Å²) >= 11 is 0. The Kier molecular flexibility index (Phi) is 6.67. The van der Waals surface area contributed by atoms with Gasteiger partial charge in [0, 0.05) is 39.8 Å². The van der Waals surface area contributed by atoms with E-state index in [1.165, 1.54) is 0 Å². The molecule has 0 aromatic heterocycles. The van der Waals surface area contributed by atoms with Crippen molar-refractivity contribution in [3.8, 4) is 5.75 Å². The highest BCUT2D eigenvalue weighted by atomic mass is 16.5. The van der Waals surface area contributed by atoms with Crippen molar-refractivity contribution >= 4 is 11.6 Å². The Morgan fingerprint density at radius 1 is 1.22 bits per heavy atom. The number of hydrogen-bond donors (Lipinski definition) is 1. The summed E-state index contributed by atoms with van der Waals surface area (Å²) in [7, 11) is 3.33. The second-order valence-corrected chi connectivity index (χ2v) is 5.65. The third-order valence-electron chi connectivity index (χ3n) is 4.27. The third kappa shape index (κ3) is 4.59. The number of rotatable bonds is 7. The molecule has 1 fully saturated rings. The van der Waals surface area contributed by atoms with Crippen LogP contribution in [0, 0.1) is 0 Å². The normalized spacial score (nSPS) is 16.9. The van der Waals surface area contributed by atoms with Crippen molar-refractivity contribution in [2.45, 2.75) is 13.0 Å². The maximum atomic E-state index is 12.1. The van der Waals surface area contributed by atoms with Gasteiger partial charge in [-0.25, -0.2) is 0 Å². The summed E-state index contributed by atoms with van der Waals surface area (Å²) in [6, 6.07) is 7.94. The minimum atomic E-state index is -0.119. The van der Waals surface area contributed by atoms with Crippen LogP contribution in [0.15, 0.2) is 24.3 Å². The summed E-state index contributed by atoms with van der Waals surface area (Å²) in [5, 5.41) is 2.90. The Labute approximate surface area is 138 Å². The number of nitrogens with zero attached hydrogens (tertiary/aromatic N) is 2. The summed E-state index contributed by atoms with van der Waals surface area (Å²) in [4.78, 5) is 16.7. The van der Waals surface area contributed by atoms with Gasteiger partial charge in [0.05, 0.1) is 25.4 Å². The first-order valence-corrected chi connectivity index (χ1v) is 8.06. The molecule has 1 aromatic rings. The highest BCUT2D eigenvalue weighted by Crippen LogP contribution is 2.28. The average Bonchev–Trinajstić information content (AvgIpc) is 2.61. The molecule has 128 valence electrons. The summed E-state index contributed by atoms with van der Waals surface area (Å²) in [5.41, 5.74) is 1.12. The van der Waals surface area contributed by atoms with Crippen LogP contribution in [0.4, 0.5) is 5.69 Å². The lowest BCUT2D eigenvalue weighted by Gasteiger charge is -2.38. The Hall–Kier alpha value is -1.79. The van der Waals surface area contributed by atoms with Gasteiger partial charge in [-0.05, 0) is 19.1 Å². The van der Waals surface area contributed by atoms with Gasteiger partial charge in [-0.15, -0.1) is 0 Å². The van der Waals surface area contributed by atoms with E-state index >= 15 is 0 Å². The maximum Gasteiger partial charge on any atom is 0.237 e. The molecule has 6 nitrogen and oxygen atoms in total. The molecule has 6 heteroatoms. The highest BCUT2D eigenvalue weighted by molar-refractivity contribution is 5.81. The molecule has 1 heterocycles. The van der Waals surface area contributed by atoms with Crippen molar-refractivity contribution in [3.05, 3.63) is 24.3 Å². The number of para-hydroxylation sites is 2. The second kappa shape index (κ2) is 8.74. The molecule has 1 N–H and O–H groups in total. The average molecular weight is 321 g/mol. The molecular formula is C17H27N3O3. The zero-order valence-electron chi connectivity index (χ0n) is 14.2. The molecule has 1 aromatic carbocycles. The zero-order chi connectivity index (χ0) is 16.7. The van der Waals surface area contributed by atoms with Crippen molar-refractivity contribution in [1.82, 2.24) is 10.2 Å². The molecule has 1 aliphatic heterocycles. The van der Waals surface area contributed by atoms with E-state index in [9.17, 15) is 4.79 Å². The number of piperazine rings is 1. The predicted molar refractivity (Wildman–Crippen MR) is 91.1 cm³/mol. The van der Waals surface area contributed by atoms with Gasteiger partial charge < -0.3 is 19.7 Å². The molecule has 2 rings (SSSR count). The van der Waals surface area contributed by atoms with E-state index in [0.29, 0.717) is 13.2 Å². The lowest BCUT2D eigenvalue weighted by molar-refractivity contribution is -0.126. The number of methoxy groups -OCH3 is 2. The van der Waals surface area contributed by atoms with E-state index in [0.717, 1.165) is 37.6 Å². The molecule has 0 aliphatic carbocycles. The molecule has 0 saturated carbocycles. The molecular weight excluding hydrogens is 294 g/mol. The van der Waals surface area contributed by atoms with Crippen LogP contribution >= 0.6 is 0 Å². The molecule has 0 radical (unpaired) electrons. The lowest BCUT2D eigenvalue weighted by atomic mass is 10.2. The first-order valence-electron chi connectivity index (χ1n) is 8.06. The molecule has 0 unspecified atom stereocenters. The molecule has 1 aliphatic rings. The van der Waals surface area contributed by atoms with Gasteiger partial charge in [-0.3, -0.25) is 9.69 Å². The van der Waals surface area contributed by atoms with Crippen molar-refractivity contribution in [2.75, 3.05) is 58.5 Å². The molecule has 0 spiro atoms. The van der Waals surface area contributed by atoms with Crippen LogP contribution in [0.25, 0.3) is 0 Å². The highest BCUT2D eigenvalue weighted by Gasteiger charge is 2.26. The minimum absolute atomic E-state index is 0.0628. The van der Waals surface area contributed by atoms with Gasteiger partial charge in [0.15, 0.2) is 0 Å². The predicted octanol–water partition coefficient (Wildman–Crippen LogP) is 0.968. The van der Waals surface area contributed by atoms with E-state index in [4.69, 9.17) is 9.47 Å². The van der Waals surface area contributed by atoms with Crippen LogP contribution in [0.3, 0.4) is 0 Å². The van der Waals surface area contributed by atoms with E-state index in [1.54, 1.807) is 14.2 Å². The molecule has 1 saturated heterocycles. The first-order chi connectivity index (χ1) is 11.2. The molecule has 23 heavy (non-hydrogen) atoms. The summed E-state index contributed by atoms with van der Waals surface area (Å²) in [5.74, 6) is 0.957. The summed E-state index contributed by atoms with van der Waals surface area (Å²) in [6.07, 6.45) is 0. The fraction of sp³-hybridized carbons (Fsp3) is 0.588. The van der Waals surface area contributed by atoms with Gasteiger partial charge >= 0.3 is 0 Å². The number of amides is 1. The molecule has 1 amide bonds. The van der Waals surface area contributed by atoms with Crippen LogP contribution < -0.4 is 15.0 Å². The fourth-order valence-corrected chi connectivity index (χ4v) is 2.83. The minimum Gasteiger partial charge on any atom is -0.495 e. The van der Waals surface area contributed by atoms with Crippen LogP contribution in [0.2, 0.25) is 0 Å². The number of hydrogen-bond acceptors (Lipinski definition) is 5. The van der Waals surface area contributed by atoms with Gasteiger partial charge in [-0.1, -0.05) is 12.1 Å². The summed E-state index contributed by atoms with van der Waals surface area (Å²) < 4.78 is 10.4. The van der Waals surface area contributed by atoms with Crippen molar-refractivity contribution < 1.29 is 14.3 Å². The van der Waals surface area contributed by atoms with E-state index in [1.807, 2.05) is 25.1 Å². The zero-order valence-corrected chi connectivity index (χ0v) is 14.2.